The van der Waals surface area contributed by atoms with Gasteiger partial charge in [-0.15, -0.1) is 0 Å². The summed E-state index contributed by atoms with van der Waals surface area (Å²) < 4.78 is 5.81. The number of para-hydroxylation sites is 1. The maximum absolute atomic E-state index is 13.1. The minimum absolute atomic E-state index is 0.0699. The molecule has 0 saturated carbocycles. The number of rotatable bonds is 4. The maximum atomic E-state index is 13.1. The first-order valence-corrected chi connectivity index (χ1v) is 10.1. The number of carbonyl (C=O) groups excluding carboxylic acids is 2. The van der Waals surface area contributed by atoms with Crippen molar-refractivity contribution < 1.29 is 23.9 Å². The van der Waals surface area contributed by atoms with E-state index in [-0.39, 0.29) is 22.0 Å². The molecule has 3 aromatic rings. The zero-order chi connectivity index (χ0) is 23.0. The van der Waals surface area contributed by atoms with Crippen LogP contribution >= 0.6 is 23.8 Å². The predicted octanol–water partition coefficient (Wildman–Crippen LogP) is 4.44. The normalized spacial score (nSPS) is 15.2. The van der Waals surface area contributed by atoms with Crippen LogP contribution in [-0.2, 0) is 9.59 Å². The van der Waals surface area contributed by atoms with Crippen molar-refractivity contribution in [1.82, 2.24) is 5.32 Å². The highest BCUT2D eigenvalue weighted by Crippen LogP contribution is 2.30. The molecule has 4 rings (SSSR count). The van der Waals surface area contributed by atoms with Crippen LogP contribution < -0.4 is 10.2 Å². The van der Waals surface area contributed by atoms with Gasteiger partial charge in [0, 0.05) is 5.56 Å². The molecule has 1 fully saturated rings. The van der Waals surface area contributed by atoms with E-state index < -0.39 is 17.8 Å². The van der Waals surface area contributed by atoms with Crippen molar-refractivity contribution >= 4 is 58.5 Å². The summed E-state index contributed by atoms with van der Waals surface area (Å²) in [5.41, 5.74) is 1.75. The number of aromatic carboxylic acids is 1. The molecular weight excluding hydrogens is 452 g/mol. The lowest BCUT2D eigenvalue weighted by atomic mass is 10.0. The van der Waals surface area contributed by atoms with Gasteiger partial charge in [-0.25, -0.2) is 4.79 Å². The van der Waals surface area contributed by atoms with Crippen molar-refractivity contribution in [2.45, 2.75) is 6.92 Å². The van der Waals surface area contributed by atoms with Crippen LogP contribution in [0.25, 0.3) is 17.4 Å². The molecule has 2 aromatic carbocycles. The van der Waals surface area contributed by atoms with Gasteiger partial charge in [0.25, 0.3) is 11.8 Å². The number of aryl methyl sites for hydroxylation is 1. The number of thiocarbonyl (C=S) groups is 1. The van der Waals surface area contributed by atoms with Crippen LogP contribution in [0.4, 0.5) is 5.69 Å². The van der Waals surface area contributed by atoms with E-state index in [9.17, 15) is 14.4 Å². The van der Waals surface area contributed by atoms with Crippen molar-refractivity contribution in [3.8, 4) is 11.3 Å². The molecule has 1 saturated heterocycles. The van der Waals surface area contributed by atoms with Crippen molar-refractivity contribution in [2.24, 2.45) is 0 Å². The Balaban J connectivity index is 1.68. The van der Waals surface area contributed by atoms with Crippen LogP contribution in [0.15, 0.2) is 64.6 Å². The van der Waals surface area contributed by atoms with E-state index in [0.29, 0.717) is 27.6 Å². The van der Waals surface area contributed by atoms with Crippen molar-refractivity contribution in [3.63, 3.8) is 0 Å². The van der Waals surface area contributed by atoms with Gasteiger partial charge < -0.3 is 9.52 Å². The summed E-state index contributed by atoms with van der Waals surface area (Å²) in [4.78, 5) is 37.9. The predicted molar refractivity (Wildman–Crippen MR) is 123 cm³/mol. The Labute approximate surface area is 192 Å². The summed E-state index contributed by atoms with van der Waals surface area (Å²) in [6.07, 6.45) is 1.33. The third-order valence-electron chi connectivity index (χ3n) is 4.85. The standard InChI is InChI=1S/C23H15ClN2O5S/c1-12-10-13(22(29)30)6-8-15(12)19-9-7-14(31-19)11-16-20(27)25-23(32)26(21(16)28)18-5-3-2-4-17(18)24/h2-11H,1H3,(H,29,30)(H,25,27,32). The lowest BCUT2D eigenvalue weighted by Crippen LogP contribution is -2.54. The molecular formula is C23H15ClN2O5S. The molecule has 1 aliphatic heterocycles. The number of hydrogen-bond acceptors (Lipinski definition) is 5. The van der Waals surface area contributed by atoms with Gasteiger partial charge in [-0.3, -0.25) is 19.8 Å². The van der Waals surface area contributed by atoms with Gasteiger partial charge >= 0.3 is 5.97 Å². The fourth-order valence-corrected chi connectivity index (χ4v) is 3.79. The second kappa shape index (κ2) is 8.41. The number of anilines is 1. The number of furan rings is 1. The molecule has 1 aliphatic rings. The van der Waals surface area contributed by atoms with Gasteiger partial charge in [0.05, 0.1) is 16.3 Å². The number of carbonyl (C=O) groups is 3. The van der Waals surface area contributed by atoms with Crippen LogP contribution in [0.2, 0.25) is 5.02 Å². The number of halogens is 1. The van der Waals surface area contributed by atoms with E-state index in [2.05, 4.69) is 5.32 Å². The Bertz CT molecular complexity index is 1330. The minimum atomic E-state index is -1.02. The monoisotopic (exact) mass is 466 g/mol. The molecule has 0 spiro atoms. The topological polar surface area (TPSA) is 99.8 Å². The van der Waals surface area contributed by atoms with Gasteiger partial charge in [0.15, 0.2) is 5.11 Å². The van der Waals surface area contributed by atoms with Gasteiger partial charge in [0.2, 0.25) is 0 Å². The molecule has 160 valence electrons. The average Bonchev–Trinajstić information content (AvgIpc) is 3.20. The Morgan fingerprint density at radius 3 is 2.59 bits per heavy atom. The molecule has 0 radical (unpaired) electrons. The number of carboxylic acids is 1. The number of nitrogens with zero attached hydrogens (tertiary/aromatic N) is 1. The van der Waals surface area contributed by atoms with Crippen LogP contribution in [0.1, 0.15) is 21.7 Å². The molecule has 1 aromatic heterocycles. The van der Waals surface area contributed by atoms with Crippen molar-refractivity contribution in [2.75, 3.05) is 4.90 Å². The van der Waals surface area contributed by atoms with E-state index in [1.54, 1.807) is 55.5 Å². The first-order chi connectivity index (χ1) is 15.3. The summed E-state index contributed by atoms with van der Waals surface area (Å²) in [6.45, 7) is 1.77. The van der Waals surface area contributed by atoms with Crippen LogP contribution in [0.3, 0.4) is 0 Å². The quantitative estimate of drug-likeness (QED) is 0.335. The first kappa shape index (κ1) is 21.5. The average molecular weight is 467 g/mol. The zero-order valence-electron chi connectivity index (χ0n) is 16.6. The second-order valence-corrected chi connectivity index (χ2v) is 7.74. The summed E-state index contributed by atoms with van der Waals surface area (Å²) in [5, 5.41) is 11.9. The van der Waals surface area contributed by atoms with Gasteiger partial charge in [-0.2, -0.15) is 0 Å². The molecule has 9 heteroatoms. The highest BCUT2D eigenvalue weighted by Gasteiger charge is 2.35. The van der Waals surface area contributed by atoms with E-state index in [4.69, 9.17) is 33.3 Å². The third-order valence-corrected chi connectivity index (χ3v) is 5.45. The van der Waals surface area contributed by atoms with E-state index >= 15 is 0 Å². The summed E-state index contributed by atoms with van der Waals surface area (Å²) >= 11 is 11.4. The summed E-state index contributed by atoms with van der Waals surface area (Å²) in [5.74, 6) is -1.57. The van der Waals surface area contributed by atoms with Gasteiger partial charge in [-0.05, 0) is 67.2 Å². The third kappa shape index (κ3) is 3.93. The molecule has 0 atom stereocenters. The Kier molecular flexibility index (Phi) is 5.65. The van der Waals surface area contributed by atoms with E-state index in [1.165, 1.54) is 12.1 Å². The molecule has 7 nitrogen and oxygen atoms in total. The number of amides is 2. The lowest BCUT2D eigenvalue weighted by molar-refractivity contribution is -0.122. The van der Waals surface area contributed by atoms with E-state index in [0.717, 1.165) is 4.90 Å². The second-order valence-electron chi connectivity index (χ2n) is 6.95. The molecule has 2 heterocycles. The lowest BCUT2D eigenvalue weighted by Gasteiger charge is -2.29. The first-order valence-electron chi connectivity index (χ1n) is 9.36. The van der Waals surface area contributed by atoms with Crippen LogP contribution in [0.5, 0.6) is 0 Å². The van der Waals surface area contributed by atoms with Crippen LogP contribution in [-0.4, -0.2) is 28.0 Å². The SMILES string of the molecule is Cc1cc(C(=O)O)ccc1-c1ccc(C=C2C(=O)NC(=S)N(c3ccccc3Cl)C2=O)o1. The van der Waals surface area contributed by atoms with Crippen molar-refractivity contribution in [3.05, 3.63) is 82.1 Å². The Morgan fingerprint density at radius 2 is 1.91 bits per heavy atom. The molecule has 0 aliphatic carbocycles. The highest BCUT2D eigenvalue weighted by atomic mass is 35.5. The number of benzene rings is 2. The van der Waals surface area contributed by atoms with Crippen molar-refractivity contribution in [1.29, 1.82) is 0 Å². The summed E-state index contributed by atoms with van der Waals surface area (Å²) in [6, 6.07) is 14.6. The maximum Gasteiger partial charge on any atom is 0.335 e. The molecule has 32 heavy (non-hydrogen) atoms. The summed E-state index contributed by atoms with van der Waals surface area (Å²) in [7, 11) is 0. The highest BCUT2D eigenvalue weighted by molar-refractivity contribution is 7.80. The number of carboxylic acid groups (broad SMARTS) is 1. The van der Waals surface area contributed by atoms with E-state index in [1.807, 2.05) is 0 Å². The molecule has 0 bridgehead atoms. The number of hydrogen-bond donors (Lipinski definition) is 2. The van der Waals surface area contributed by atoms with Crippen LogP contribution in [0, 0.1) is 6.92 Å². The molecule has 2 N–H and O–H groups in total. The smallest absolute Gasteiger partial charge is 0.335 e. The Morgan fingerprint density at radius 1 is 1.16 bits per heavy atom. The minimum Gasteiger partial charge on any atom is -0.478 e. The largest absolute Gasteiger partial charge is 0.478 e. The van der Waals surface area contributed by atoms with Gasteiger partial charge in [0.1, 0.15) is 17.1 Å². The Hall–Kier alpha value is -3.75. The fourth-order valence-electron chi connectivity index (χ4n) is 3.30. The van der Waals surface area contributed by atoms with Gasteiger partial charge in [-0.1, -0.05) is 29.8 Å². The fraction of sp³-hybridized carbons (Fsp3) is 0.0435. The molecule has 2 amide bonds. The zero-order valence-corrected chi connectivity index (χ0v) is 18.2. The molecule has 0 unspecified atom stereocenters. The number of nitrogens with one attached hydrogen (secondary N) is 1.